The summed E-state index contributed by atoms with van der Waals surface area (Å²) in [7, 11) is 0. The Balaban J connectivity index is 1.84. The van der Waals surface area contributed by atoms with Crippen LogP contribution >= 0.6 is 0 Å². The maximum absolute atomic E-state index is 12.3. The molecule has 1 aliphatic carbocycles. The molecule has 1 fully saturated rings. The van der Waals surface area contributed by atoms with Crippen molar-refractivity contribution in [2.24, 2.45) is 5.92 Å². The highest BCUT2D eigenvalue weighted by Gasteiger charge is 2.42. The summed E-state index contributed by atoms with van der Waals surface area (Å²) in [6.07, 6.45) is 2.94. The number of fused-ring (bicyclic) bond motifs is 3. The monoisotopic (exact) mass is 290 g/mol. The second-order valence-electron chi connectivity index (χ2n) is 5.66. The lowest BCUT2D eigenvalue weighted by molar-refractivity contribution is -0.144. The number of carbonyl (C=O) groups excluding carboxylic acids is 1. The molecule has 4 heteroatoms. The molecule has 0 N–H and O–H groups in total. The van der Waals surface area contributed by atoms with E-state index in [2.05, 4.69) is 0 Å². The Morgan fingerprint density at radius 3 is 2.81 bits per heavy atom. The maximum Gasteiger partial charge on any atom is 0.315 e. The summed E-state index contributed by atoms with van der Waals surface area (Å²) in [5.41, 5.74) is 1.14. The van der Waals surface area contributed by atoms with Crippen molar-refractivity contribution in [1.29, 1.82) is 0 Å². The Morgan fingerprint density at radius 1 is 1.19 bits per heavy atom. The summed E-state index contributed by atoms with van der Waals surface area (Å²) in [6.45, 7) is 5.24. The Bertz CT molecular complexity index is 526. The first-order valence-corrected chi connectivity index (χ1v) is 7.83. The van der Waals surface area contributed by atoms with Gasteiger partial charge in [0.15, 0.2) is 0 Å². The molecule has 0 spiro atoms. The molecule has 1 heterocycles. The predicted octanol–water partition coefficient (Wildman–Crippen LogP) is 3.29. The van der Waals surface area contributed by atoms with Gasteiger partial charge in [-0.15, -0.1) is 0 Å². The molecule has 3 atom stereocenters. The number of esters is 1. The highest BCUT2D eigenvalue weighted by atomic mass is 16.5. The van der Waals surface area contributed by atoms with Gasteiger partial charge in [-0.1, -0.05) is 6.07 Å². The van der Waals surface area contributed by atoms with Gasteiger partial charge >= 0.3 is 5.97 Å². The molecule has 1 aromatic rings. The van der Waals surface area contributed by atoms with Gasteiger partial charge in [-0.05, 0) is 44.7 Å². The number of rotatable bonds is 4. The van der Waals surface area contributed by atoms with Gasteiger partial charge in [0.2, 0.25) is 0 Å². The van der Waals surface area contributed by atoms with Crippen LogP contribution in [0.3, 0.4) is 0 Å². The van der Waals surface area contributed by atoms with Crippen LogP contribution in [-0.2, 0) is 9.53 Å². The van der Waals surface area contributed by atoms with Gasteiger partial charge < -0.3 is 14.2 Å². The average Bonchev–Trinajstić information content (AvgIpc) is 2.48. The fourth-order valence-electron chi connectivity index (χ4n) is 3.50. The minimum absolute atomic E-state index is 0.0688. The van der Waals surface area contributed by atoms with E-state index in [0.717, 1.165) is 30.6 Å². The zero-order valence-corrected chi connectivity index (χ0v) is 12.6. The molecular weight excluding hydrogens is 268 g/mol. The average molecular weight is 290 g/mol. The lowest BCUT2D eigenvalue weighted by atomic mass is 9.73. The molecule has 0 amide bonds. The molecule has 1 saturated carbocycles. The molecule has 0 aromatic heterocycles. The van der Waals surface area contributed by atoms with Crippen LogP contribution in [0.1, 0.15) is 44.6 Å². The molecular formula is C17H22O4. The zero-order valence-electron chi connectivity index (χ0n) is 12.6. The number of benzene rings is 1. The van der Waals surface area contributed by atoms with Crippen molar-refractivity contribution in [3.05, 3.63) is 23.8 Å². The molecule has 0 saturated heterocycles. The van der Waals surface area contributed by atoms with E-state index in [-0.39, 0.29) is 23.9 Å². The van der Waals surface area contributed by atoms with E-state index in [0.29, 0.717) is 19.0 Å². The van der Waals surface area contributed by atoms with E-state index in [4.69, 9.17) is 14.2 Å². The van der Waals surface area contributed by atoms with Crippen molar-refractivity contribution >= 4 is 5.97 Å². The lowest BCUT2D eigenvalue weighted by Gasteiger charge is -2.38. The van der Waals surface area contributed by atoms with Crippen LogP contribution in [-0.4, -0.2) is 25.3 Å². The number of carbonyl (C=O) groups is 1. The predicted molar refractivity (Wildman–Crippen MR) is 78.7 cm³/mol. The molecule has 114 valence electrons. The highest BCUT2D eigenvalue weighted by molar-refractivity contribution is 5.79. The van der Waals surface area contributed by atoms with E-state index in [9.17, 15) is 4.79 Å². The van der Waals surface area contributed by atoms with Crippen LogP contribution in [0.2, 0.25) is 0 Å². The molecule has 4 nitrogen and oxygen atoms in total. The van der Waals surface area contributed by atoms with E-state index >= 15 is 0 Å². The molecule has 0 radical (unpaired) electrons. The zero-order chi connectivity index (χ0) is 14.8. The summed E-state index contributed by atoms with van der Waals surface area (Å²) >= 11 is 0. The smallest absolute Gasteiger partial charge is 0.315 e. The van der Waals surface area contributed by atoms with Gasteiger partial charge in [-0.25, -0.2) is 0 Å². The number of hydrogen-bond donors (Lipinski definition) is 0. The summed E-state index contributed by atoms with van der Waals surface area (Å²) in [4.78, 5) is 12.3. The van der Waals surface area contributed by atoms with E-state index in [1.165, 1.54) is 0 Å². The molecule has 3 unspecified atom stereocenters. The van der Waals surface area contributed by atoms with Crippen LogP contribution in [0.15, 0.2) is 18.2 Å². The minimum atomic E-state index is -0.120. The number of hydrogen-bond acceptors (Lipinski definition) is 4. The first-order chi connectivity index (χ1) is 10.2. The number of ether oxygens (including phenoxy) is 3. The van der Waals surface area contributed by atoms with Crippen LogP contribution in [0.5, 0.6) is 11.5 Å². The van der Waals surface area contributed by atoms with Gasteiger partial charge in [-0.3, -0.25) is 4.79 Å². The molecule has 1 aromatic carbocycles. The van der Waals surface area contributed by atoms with Crippen molar-refractivity contribution in [2.45, 2.75) is 45.1 Å². The van der Waals surface area contributed by atoms with Gasteiger partial charge in [0.1, 0.15) is 11.5 Å². The summed E-state index contributed by atoms with van der Waals surface area (Å²) in [6, 6.07) is 5.85. The van der Waals surface area contributed by atoms with Crippen molar-refractivity contribution in [3.63, 3.8) is 0 Å². The van der Waals surface area contributed by atoms with Crippen molar-refractivity contribution in [3.8, 4) is 11.5 Å². The lowest BCUT2D eigenvalue weighted by Crippen LogP contribution is -2.38. The summed E-state index contributed by atoms with van der Waals surface area (Å²) in [5.74, 6) is 1.49. The van der Waals surface area contributed by atoms with Crippen molar-refractivity contribution in [2.75, 3.05) is 13.2 Å². The van der Waals surface area contributed by atoms with E-state index in [1.807, 2.05) is 32.0 Å². The third-order valence-electron chi connectivity index (χ3n) is 4.41. The Morgan fingerprint density at radius 2 is 2.05 bits per heavy atom. The maximum atomic E-state index is 12.3. The van der Waals surface area contributed by atoms with Gasteiger partial charge in [0.05, 0.1) is 18.6 Å². The second-order valence-corrected chi connectivity index (χ2v) is 5.66. The fraction of sp³-hybridized carbons (Fsp3) is 0.588. The molecule has 1 aliphatic heterocycles. The normalized spacial score (nSPS) is 27.5. The second kappa shape index (κ2) is 6.06. The molecule has 21 heavy (non-hydrogen) atoms. The third kappa shape index (κ3) is 2.77. The van der Waals surface area contributed by atoms with Crippen LogP contribution < -0.4 is 9.47 Å². The topological polar surface area (TPSA) is 44.8 Å². The Kier molecular flexibility index (Phi) is 4.15. The summed E-state index contributed by atoms with van der Waals surface area (Å²) in [5, 5.41) is 0. The van der Waals surface area contributed by atoms with E-state index < -0.39 is 0 Å². The molecule has 0 bridgehead atoms. The van der Waals surface area contributed by atoms with E-state index in [1.54, 1.807) is 0 Å². The van der Waals surface area contributed by atoms with Crippen LogP contribution in [0, 0.1) is 5.92 Å². The first-order valence-electron chi connectivity index (χ1n) is 7.83. The van der Waals surface area contributed by atoms with Gasteiger partial charge in [0, 0.05) is 18.6 Å². The Hall–Kier alpha value is -1.55. The van der Waals surface area contributed by atoms with Crippen molar-refractivity contribution in [1.82, 2.24) is 0 Å². The Labute approximate surface area is 125 Å². The van der Waals surface area contributed by atoms with Crippen LogP contribution in [0.25, 0.3) is 0 Å². The minimum Gasteiger partial charge on any atom is -0.494 e. The fourth-order valence-corrected chi connectivity index (χ4v) is 3.50. The molecule has 2 aliphatic rings. The molecule has 3 rings (SSSR count). The SMILES string of the molecule is CCOc1ccc2c(c1)OC(=O)C1CC(OCC)CCC21. The van der Waals surface area contributed by atoms with Gasteiger partial charge in [0.25, 0.3) is 0 Å². The third-order valence-corrected chi connectivity index (χ3v) is 4.41. The largest absolute Gasteiger partial charge is 0.494 e. The summed E-state index contributed by atoms with van der Waals surface area (Å²) < 4.78 is 16.7. The van der Waals surface area contributed by atoms with Crippen molar-refractivity contribution < 1.29 is 19.0 Å². The van der Waals surface area contributed by atoms with Crippen LogP contribution in [0.4, 0.5) is 0 Å². The first kappa shape index (κ1) is 14.4. The quantitative estimate of drug-likeness (QED) is 0.630. The standard InChI is InChI=1S/C17H22O4/c1-3-19-11-5-7-13-14-8-6-12(20-4-2)10-16(14)21-17(18)15(13)9-11/h6,8,10-11,13,15H,3-5,7,9H2,1-2H3. The van der Waals surface area contributed by atoms with Gasteiger partial charge in [-0.2, -0.15) is 0 Å². The highest BCUT2D eigenvalue weighted by Crippen LogP contribution is 2.47.